The lowest BCUT2D eigenvalue weighted by molar-refractivity contribution is -0.151. The fourth-order valence-corrected chi connectivity index (χ4v) is 2.58. The van der Waals surface area contributed by atoms with Gasteiger partial charge in [-0.25, -0.2) is 0 Å². The highest BCUT2D eigenvalue weighted by atomic mass is 79.9. The average Bonchev–Trinajstić information content (AvgIpc) is 2.39. The van der Waals surface area contributed by atoms with Crippen molar-refractivity contribution in [3.63, 3.8) is 0 Å². The van der Waals surface area contributed by atoms with E-state index in [1.54, 1.807) is 0 Å². The van der Waals surface area contributed by atoms with E-state index >= 15 is 0 Å². The molecule has 18 heavy (non-hydrogen) atoms. The van der Waals surface area contributed by atoms with Crippen molar-refractivity contribution in [2.24, 2.45) is 5.92 Å². The van der Waals surface area contributed by atoms with Crippen LogP contribution >= 0.6 is 15.9 Å². The normalized spacial score (nSPS) is 19.7. The SMILES string of the molecule is CCOC(=O)C1CCCN(C(=O)CCCCBr)C1. The molecule has 0 aromatic rings. The Hall–Kier alpha value is -0.580. The Bertz CT molecular complexity index is 283. The number of carbonyl (C=O) groups excluding carboxylic acids is 2. The van der Waals surface area contributed by atoms with Gasteiger partial charge in [-0.15, -0.1) is 0 Å². The van der Waals surface area contributed by atoms with Crippen LogP contribution in [-0.2, 0) is 14.3 Å². The van der Waals surface area contributed by atoms with Gasteiger partial charge in [0.1, 0.15) is 0 Å². The molecule has 1 amide bonds. The van der Waals surface area contributed by atoms with Gasteiger partial charge >= 0.3 is 5.97 Å². The van der Waals surface area contributed by atoms with E-state index in [0.717, 1.165) is 37.6 Å². The molecule has 4 nitrogen and oxygen atoms in total. The highest BCUT2D eigenvalue weighted by Gasteiger charge is 2.28. The molecule has 0 bridgehead atoms. The van der Waals surface area contributed by atoms with E-state index < -0.39 is 0 Å². The Morgan fingerprint density at radius 1 is 1.39 bits per heavy atom. The van der Waals surface area contributed by atoms with E-state index in [9.17, 15) is 9.59 Å². The minimum absolute atomic E-state index is 0.126. The highest BCUT2D eigenvalue weighted by Crippen LogP contribution is 2.19. The van der Waals surface area contributed by atoms with Crippen molar-refractivity contribution >= 4 is 27.8 Å². The van der Waals surface area contributed by atoms with Crippen molar-refractivity contribution in [1.29, 1.82) is 0 Å². The number of likely N-dealkylation sites (tertiary alicyclic amines) is 1. The fraction of sp³-hybridized carbons (Fsp3) is 0.846. The van der Waals surface area contributed by atoms with Gasteiger partial charge in [0.05, 0.1) is 12.5 Å². The van der Waals surface area contributed by atoms with E-state index in [1.807, 2.05) is 11.8 Å². The third kappa shape index (κ3) is 4.96. The summed E-state index contributed by atoms with van der Waals surface area (Å²) < 4.78 is 5.02. The Balaban J connectivity index is 2.38. The van der Waals surface area contributed by atoms with Crippen LogP contribution in [0.1, 0.15) is 39.0 Å². The first-order valence-electron chi connectivity index (χ1n) is 6.69. The summed E-state index contributed by atoms with van der Waals surface area (Å²) >= 11 is 3.36. The molecule has 1 unspecified atom stereocenters. The molecule has 1 rings (SSSR count). The highest BCUT2D eigenvalue weighted by molar-refractivity contribution is 9.09. The lowest BCUT2D eigenvalue weighted by Crippen LogP contribution is -2.42. The van der Waals surface area contributed by atoms with Crippen LogP contribution in [0.2, 0.25) is 0 Å². The van der Waals surface area contributed by atoms with Crippen molar-refractivity contribution < 1.29 is 14.3 Å². The standard InChI is InChI=1S/C13H22BrNO3/c1-2-18-13(17)11-6-5-9-15(10-11)12(16)7-3-4-8-14/h11H,2-10H2,1H3. The molecular weight excluding hydrogens is 298 g/mol. The van der Waals surface area contributed by atoms with E-state index in [-0.39, 0.29) is 17.8 Å². The largest absolute Gasteiger partial charge is 0.466 e. The van der Waals surface area contributed by atoms with Crippen molar-refractivity contribution in [3.8, 4) is 0 Å². The van der Waals surface area contributed by atoms with Crippen LogP contribution in [0.5, 0.6) is 0 Å². The molecule has 0 aromatic carbocycles. The summed E-state index contributed by atoms with van der Waals surface area (Å²) in [4.78, 5) is 25.4. The van der Waals surface area contributed by atoms with Gasteiger partial charge in [0.15, 0.2) is 0 Å². The van der Waals surface area contributed by atoms with Crippen molar-refractivity contribution in [3.05, 3.63) is 0 Å². The van der Waals surface area contributed by atoms with Crippen molar-refractivity contribution in [2.75, 3.05) is 25.0 Å². The molecule has 0 aliphatic carbocycles. The van der Waals surface area contributed by atoms with Gasteiger partial charge in [-0.1, -0.05) is 15.9 Å². The number of nitrogens with zero attached hydrogens (tertiary/aromatic N) is 1. The zero-order chi connectivity index (χ0) is 13.4. The van der Waals surface area contributed by atoms with E-state index in [4.69, 9.17) is 4.74 Å². The van der Waals surface area contributed by atoms with E-state index in [0.29, 0.717) is 19.6 Å². The summed E-state index contributed by atoms with van der Waals surface area (Å²) in [6.07, 6.45) is 4.24. The first kappa shape index (κ1) is 15.5. The number of unbranched alkanes of at least 4 members (excludes halogenated alkanes) is 1. The second kappa shape index (κ2) is 8.51. The molecule has 104 valence electrons. The van der Waals surface area contributed by atoms with Gasteiger partial charge in [-0.2, -0.15) is 0 Å². The zero-order valence-electron chi connectivity index (χ0n) is 11.0. The minimum atomic E-state index is -0.157. The molecule has 1 aliphatic heterocycles. The van der Waals surface area contributed by atoms with Gasteiger partial charge in [-0.3, -0.25) is 9.59 Å². The summed E-state index contributed by atoms with van der Waals surface area (Å²) in [6, 6.07) is 0. The van der Waals surface area contributed by atoms with Gasteiger partial charge in [0, 0.05) is 24.8 Å². The molecule has 0 spiro atoms. The van der Waals surface area contributed by atoms with Gasteiger partial charge in [-0.05, 0) is 32.6 Å². The number of rotatable bonds is 6. The Kier molecular flexibility index (Phi) is 7.32. The molecule has 0 radical (unpaired) electrons. The maximum absolute atomic E-state index is 12.0. The molecule has 1 aliphatic rings. The smallest absolute Gasteiger partial charge is 0.310 e. The van der Waals surface area contributed by atoms with Crippen LogP contribution in [0.4, 0.5) is 0 Å². The number of hydrogen-bond acceptors (Lipinski definition) is 3. The van der Waals surface area contributed by atoms with E-state index in [1.165, 1.54) is 0 Å². The molecule has 0 aromatic heterocycles. The van der Waals surface area contributed by atoms with Crippen molar-refractivity contribution in [1.82, 2.24) is 4.90 Å². The number of hydrogen-bond donors (Lipinski definition) is 0. The number of esters is 1. The number of alkyl halides is 1. The number of amides is 1. The predicted molar refractivity (Wildman–Crippen MR) is 73.6 cm³/mol. The lowest BCUT2D eigenvalue weighted by atomic mass is 9.98. The average molecular weight is 320 g/mol. The number of carbonyl (C=O) groups is 2. The summed E-state index contributed by atoms with van der Waals surface area (Å²) in [5, 5.41) is 0.936. The second-order valence-electron chi connectivity index (χ2n) is 4.58. The van der Waals surface area contributed by atoms with Crippen LogP contribution < -0.4 is 0 Å². The molecule has 0 saturated carbocycles. The summed E-state index contributed by atoms with van der Waals surface area (Å²) in [5.41, 5.74) is 0. The Morgan fingerprint density at radius 3 is 2.83 bits per heavy atom. The first-order valence-corrected chi connectivity index (χ1v) is 7.81. The van der Waals surface area contributed by atoms with E-state index in [2.05, 4.69) is 15.9 Å². The molecule has 0 N–H and O–H groups in total. The molecule has 1 fully saturated rings. The fourth-order valence-electron chi connectivity index (χ4n) is 2.18. The summed E-state index contributed by atoms with van der Waals surface area (Å²) in [5.74, 6) is -0.112. The van der Waals surface area contributed by atoms with Crippen LogP contribution in [0.3, 0.4) is 0 Å². The number of ether oxygens (including phenoxy) is 1. The maximum atomic E-state index is 12.0. The van der Waals surface area contributed by atoms with Crippen LogP contribution in [0, 0.1) is 5.92 Å². The van der Waals surface area contributed by atoms with Crippen LogP contribution in [0.15, 0.2) is 0 Å². The molecular formula is C13H22BrNO3. The van der Waals surface area contributed by atoms with Gasteiger partial charge in [0.2, 0.25) is 5.91 Å². The third-order valence-corrected chi connectivity index (χ3v) is 3.73. The Labute approximate surface area is 117 Å². The first-order chi connectivity index (χ1) is 8.69. The summed E-state index contributed by atoms with van der Waals surface area (Å²) in [6.45, 7) is 3.54. The minimum Gasteiger partial charge on any atom is -0.466 e. The second-order valence-corrected chi connectivity index (χ2v) is 5.37. The number of halogens is 1. The van der Waals surface area contributed by atoms with Crippen LogP contribution in [0.25, 0.3) is 0 Å². The zero-order valence-corrected chi connectivity index (χ0v) is 12.6. The quantitative estimate of drug-likeness (QED) is 0.429. The summed E-state index contributed by atoms with van der Waals surface area (Å²) in [7, 11) is 0. The molecule has 1 saturated heterocycles. The topological polar surface area (TPSA) is 46.6 Å². The lowest BCUT2D eigenvalue weighted by Gasteiger charge is -2.31. The molecule has 1 heterocycles. The monoisotopic (exact) mass is 319 g/mol. The number of piperidine rings is 1. The third-order valence-electron chi connectivity index (χ3n) is 3.17. The predicted octanol–water partition coefficient (Wildman–Crippen LogP) is 2.35. The molecule has 5 heteroatoms. The van der Waals surface area contributed by atoms with Crippen LogP contribution in [-0.4, -0.2) is 41.8 Å². The molecule has 1 atom stereocenters. The maximum Gasteiger partial charge on any atom is 0.310 e. The van der Waals surface area contributed by atoms with Crippen molar-refractivity contribution in [2.45, 2.75) is 39.0 Å². The Morgan fingerprint density at radius 2 is 2.17 bits per heavy atom. The van der Waals surface area contributed by atoms with Gasteiger partial charge < -0.3 is 9.64 Å². The van der Waals surface area contributed by atoms with Gasteiger partial charge in [0.25, 0.3) is 0 Å².